The molecule has 4 unspecified atom stereocenters. The average molecular weight is 268 g/mol. The lowest BCUT2D eigenvalue weighted by atomic mass is 9.81. The molecule has 3 aliphatic heterocycles. The number of rotatable bonds is 1. The predicted molar refractivity (Wildman–Crippen MR) is 68.8 cm³/mol. The van der Waals surface area contributed by atoms with E-state index in [0.717, 1.165) is 32.7 Å². The topological polar surface area (TPSA) is 40.2 Å². The molecule has 0 N–H and O–H groups in total. The number of hydrogen-bond acceptors (Lipinski definition) is 4. The van der Waals surface area contributed by atoms with Crippen molar-refractivity contribution >= 4 is 0 Å². The van der Waals surface area contributed by atoms with E-state index in [-0.39, 0.29) is 11.7 Å². The highest BCUT2D eigenvalue weighted by Gasteiger charge is 2.48. The van der Waals surface area contributed by atoms with Gasteiger partial charge in [0.05, 0.1) is 38.1 Å². The van der Waals surface area contributed by atoms with Crippen molar-refractivity contribution < 1.29 is 18.9 Å². The summed E-state index contributed by atoms with van der Waals surface area (Å²) in [6, 6.07) is 0. The SMILES string of the molecule is CC1CCC2(CO1)COC(C1CCC3OC3C1)OC2. The number of epoxide rings is 1. The van der Waals surface area contributed by atoms with E-state index in [1.165, 1.54) is 19.3 Å². The Labute approximate surface area is 114 Å². The molecule has 19 heavy (non-hydrogen) atoms. The summed E-state index contributed by atoms with van der Waals surface area (Å²) >= 11 is 0. The minimum Gasteiger partial charge on any atom is -0.378 e. The summed E-state index contributed by atoms with van der Waals surface area (Å²) in [6.07, 6.45) is 7.23. The van der Waals surface area contributed by atoms with Crippen molar-refractivity contribution in [2.24, 2.45) is 11.3 Å². The van der Waals surface area contributed by atoms with Crippen LogP contribution in [0.2, 0.25) is 0 Å². The highest BCUT2D eigenvalue weighted by molar-refractivity contribution is 4.94. The number of hydrogen-bond donors (Lipinski definition) is 0. The fraction of sp³-hybridized carbons (Fsp3) is 1.00. The van der Waals surface area contributed by atoms with Crippen LogP contribution < -0.4 is 0 Å². The first-order valence-corrected chi connectivity index (χ1v) is 7.74. The molecule has 4 rings (SSSR count). The first-order chi connectivity index (χ1) is 9.24. The van der Waals surface area contributed by atoms with Gasteiger partial charge in [0.25, 0.3) is 0 Å². The van der Waals surface area contributed by atoms with Crippen LogP contribution in [0.15, 0.2) is 0 Å². The van der Waals surface area contributed by atoms with E-state index < -0.39 is 0 Å². The molecule has 1 saturated carbocycles. The Morgan fingerprint density at radius 2 is 1.68 bits per heavy atom. The molecule has 1 aliphatic carbocycles. The van der Waals surface area contributed by atoms with Gasteiger partial charge in [0, 0.05) is 11.3 Å². The maximum atomic E-state index is 6.06. The van der Waals surface area contributed by atoms with Crippen LogP contribution in [0.4, 0.5) is 0 Å². The second-order valence-corrected chi connectivity index (χ2v) is 6.94. The van der Waals surface area contributed by atoms with Crippen molar-refractivity contribution in [2.75, 3.05) is 19.8 Å². The lowest BCUT2D eigenvalue weighted by Crippen LogP contribution is -2.50. The summed E-state index contributed by atoms with van der Waals surface area (Å²) in [5.74, 6) is 0.532. The van der Waals surface area contributed by atoms with Gasteiger partial charge in [0.1, 0.15) is 0 Å². The Balaban J connectivity index is 1.32. The van der Waals surface area contributed by atoms with Crippen LogP contribution in [-0.2, 0) is 18.9 Å². The summed E-state index contributed by atoms with van der Waals surface area (Å²) in [4.78, 5) is 0. The van der Waals surface area contributed by atoms with Crippen LogP contribution in [0, 0.1) is 11.3 Å². The summed E-state index contributed by atoms with van der Waals surface area (Å²) < 4.78 is 23.5. The van der Waals surface area contributed by atoms with Crippen molar-refractivity contribution in [3.05, 3.63) is 0 Å². The average Bonchev–Trinajstić information content (AvgIpc) is 3.22. The van der Waals surface area contributed by atoms with Gasteiger partial charge < -0.3 is 18.9 Å². The fourth-order valence-electron chi connectivity index (χ4n) is 3.77. The van der Waals surface area contributed by atoms with E-state index in [4.69, 9.17) is 18.9 Å². The first kappa shape index (κ1) is 12.6. The van der Waals surface area contributed by atoms with E-state index in [9.17, 15) is 0 Å². The molecule has 4 fully saturated rings. The maximum absolute atomic E-state index is 6.06. The molecular weight excluding hydrogens is 244 g/mol. The molecule has 0 aromatic carbocycles. The Bertz CT molecular complexity index is 327. The first-order valence-electron chi connectivity index (χ1n) is 7.74. The minimum atomic E-state index is -0.00451. The molecule has 0 radical (unpaired) electrons. The monoisotopic (exact) mass is 268 g/mol. The molecule has 0 aromatic rings. The third kappa shape index (κ3) is 2.44. The standard InChI is InChI=1S/C15H24O4/c1-10-4-5-15(7-16-10)8-17-14(18-9-15)11-2-3-12-13(6-11)19-12/h10-14H,2-9H2,1H3. The predicted octanol–water partition coefficient (Wildman–Crippen LogP) is 2.11. The normalized spacial score (nSPS) is 53.8. The second kappa shape index (κ2) is 4.69. The third-order valence-corrected chi connectivity index (χ3v) is 5.29. The van der Waals surface area contributed by atoms with Crippen molar-refractivity contribution in [1.82, 2.24) is 0 Å². The zero-order valence-electron chi connectivity index (χ0n) is 11.7. The van der Waals surface area contributed by atoms with Gasteiger partial charge in [0.15, 0.2) is 6.29 Å². The number of fused-ring (bicyclic) bond motifs is 1. The number of ether oxygens (including phenoxy) is 4. The lowest BCUT2D eigenvalue weighted by molar-refractivity contribution is -0.272. The lowest BCUT2D eigenvalue weighted by Gasteiger charge is -2.45. The zero-order chi connectivity index (χ0) is 12.9. The zero-order valence-corrected chi connectivity index (χ0v) is 11.7. The van der Waals surface area contributed by atoms with Gasteiger partial charge in [-0.05, 0) is 39.0 Å². The van der Waals surface area contributed by atoms with Crippen molar-refractivity contribution in [3.8, 4) is 0 Å². The van der Waals surface area contributed by atoms with Gasteiger partial charge in [-0.2, -0.15) is 0 Å². The molecule has 4 heteroatoms. The van der Waals surface area contributed by atoms with Gasteiger partial charge >= 0.3 is 0 Å². The highest BCUT2D eigenvalue weighted by atomic mass is 16.7. The smallest absolute Gasteiger partial charge is 0.160 e. The van der Waals surface area contributed by atoms with Crippen molar-refractivity contribution in [2.45, 2.75) is 63.6 Å². The summed E-state index contributed by atoms with van der Waals surface area (Å²) in [7, 11) is 0. The van der Waals surface area contributed by atoms with Gasteiger partial charge in [-0.25, -0.2) is 0 Å². The van der Waals surface area contributed by atoms with Crippen LogP contribution in [0.1, 0.15) is 39.0 Å². The molecule has 0 amide bonds. The van der Waals surface area contributed by atoms with E-state index >= 15 is 0 Å². The van der Waals surface area contributed by atoms with Crippen LogP contribution >= 0.6 is 0 Å². The summed E-state index contributed by atoms with van der Waals surface area (Å²) in [6.45, 7) is 4.54. The maximum Gasteiger partial charge on any atom is 0.160 e. The molecule has 0 bridgehead atoms. The van der Waals surface area contributed by atoms with Gasteiger partial charge in [-0.15, -0.1) is 0 Å². The van der Waals surface area contributed by atoms with Crippen LogP contribution in [-0.4, -0.2) is 44.4 Å². The van der Waals surface area contributed by atoms with Crippen LogP contribution in [0.5, 0.6) is 0 Å². The fourth-order valence-corrected chi connectivity index (χ4v) is 3.77. The summed E-state index contributed by atoms with van der Waals surface area (Å²) in [5.41, 5.74) is 0.121. The molecule has 1 spiro atoms. The molecule has 3 heterocycles. The van der Waals surface area contributed by atoms with Gasteiger partial charge in [0.2, 0.25) is 0 Å². The Kier molecular flexibility index (Phi) is 3.10. The van der Waals surface area contributed by atoms with Crippen LogP contribution in [0.3, 0.4) is 0 Å². The molecule has 4 aliphatic rings. The Morgan fingerprint density at radius 1 is 0.895 bits per heavy atom. The molecule has 108 valence electrons. The second-order valence-electron chi connectivity index (χ2n) is 6.94. The van der Waals surface area contributed by atoms with Crippen molar-refractivity contribution in [3.63, 3.8) is 0 Å². The van der Waals surface area contributed by atoms with Gasteiger partial charge in [-0.3, -0.25) is 0 Å². The van der Waals surface area contributed by atoms with Crippen molar-refractivity contribution in [1.29, 1.82) is 0 Å². The third-order valence-electron chi connectivity index (χ3n) is 5.29. The van der Waals surface area contributed by atoms with E-state index in [2.05, 4.69) is 6.92 Å². The van der Waals surface area contributed by atoms with Crippen LogP contribution in [0.25, 0.3) is 0 Å². The Hall–Kier alpha value is -0.160. The largest absolute Gasteiger partial charge is 0.378 e. The van der Waals surface area contributed by atoms with E-state index in [1.54, 1.807) is 0 Å². The highest BCUT2D eigenvalue weighted by Crippen LogP contribution is 2.43. The summed E-state index contributed by atoms with van der Waals surface area (Å²) in [5, 5.41) is 0. The molecule has 4 atom stereocenters. The van der Waals surface area contributed by atoms with E-state index in [0.29, 0.717) is 24.2 Å². The Morgan fingerprint density at radius 3 is 2.37 bits per heavy atom. The van der Waals surface area contributed by atoms with E-state index in [1.807, 2.05) is 0 Å². The molecular formula is C15H24O4. The minimum absolute atomic E-state index is 0.00451. The van der Waals surface area contributed by atoms with Gasteiger partial charge in [-0.1, -0.05) is 0 Å². The quantitative estimate of drug-likeness (QED) is 0.683. The molecule has 4 nitrogen and oxygen atoms in total. The molecule has 0 aromatic heterocycles. The molecule has 3 saturated heterocycles.